The summed E-state index contributed by atoms with van der Waals surface area (Å²) in [6.45, 7) is 27.5. The number of benzene rings is 12. The zero-order valence-corrected chi connectivity index (χ0v) is 53.7. The van der Waals surface area contributed by atoms with Crippen LogP contribution in [-0.2, 0) is 21.7 Å². The van der Waals surface area contributed by atoms with Crippen molar-refractivity contribution in [1.29, 1.82) is 0 Å². The maximum Gasteiger partial charge on any atom is 0.0392 e. The van der Waals surface area contributed by atoms with Gasteiger partial charge in [0, 0.05) is 80.7 Å². The summed E-state index contributed by atoms with van der Waals surface area (Å²) in [5.74, 6) is 0. The van der Waals surface area contributed by atoms with Gasteiger partial charge in [0.1, 0.15) is 0 Å². The topological polar surface area (TPSA) is 0 Å². The van der Waals surface area contributed by atoms with E-state index in [4.69, 9.17) is 0 Å². The molecule has 16 aromatic rings. The van der Waals surface area contributed by atoms with Crippen LogP contribution < -0.4 is 0 Å². The van der Waals surface area contributed by atoms with Gasteiger partial charge < -0.3 is 0 Å². The zero-order chi connectivity index (χ0) is 58.5. The van der Waals surface area contributed by atoms with Crippen LogP contribution in [0.3, 0.4) is 0 Å². The maximum absolute atomic E-state index is 2.39. The highest BCUT2D eigenvalue weighted by atomic mass is 32.1. The lowest BCUT2D eigenvalue weighted by molar-refractivity contribution is 0.591. The maximum atomic E-state index is 2.39. The van der Waals surface area contributed by atoms with E-state index >= 15 is 0 Å². The third kappa shape index (κ3) is 10.2. The molecule has 0 saturated carbocycles. The predicted octanol–water partition coefficient (Wildman–Crippen LogP) is 26.0. The van der Waals surface area contributed by atoms with Gasteiger partial charge in [-0.2, -0.15) is 0 Å². The third-order valence-electron chi connectivity index (χ3n) is 16.8. The van der Waals surface area contributed by atoms with Crippen LogP contribution in [0, 0.1) is 0 Å². The first-order valence-electron chi connectivity index (χ1n) is 29.5. The second kappa shape index (κ2) is 21.3. The van der Waals surface area contributed by atoms with Gasteiger partial charge in [-0.3, -0.25) is 0 Å². The largest absolute Gasteiger partial charge is 0.135 e. The highest BCUT2D eigenvalue weighted by Crippen LogP contribution is 2.46. The first-order chi connectivity index (χ1) is 40.2. The zero-order valence-electron chi connectivity index (χ0n) is 50.4. The van der Waals surface area contributed by atoms with E-state index in [-0.39, 0.29) is 21.7 Å². The molecule has 4 aromatic heterocycles. The van der Waals surface area contributed by atoms with Gasteiger partial charge in [0.2, 0.25) is 0 Å². The lowest BCUT2D eigenvalue weighted by atomic mass is 9.84. The standard InChI is InChI=1S/4C20H18S/c1-20(2,3)15-9-6-10-16-19(15)18-14-8-5-4-7-13(14)11-12-17(18)21-16;1-20(2,3)16-10-6-9-15-18-14-8-5-4-7-13(14)11-12-17(18)21-19(15)16;1-20(2,3)14-9-10-16-18(12-14)21-17-11-8-13-6-4-5-7-15(13)19(16)17;1-20(2,3)14-9-11-17-16(12-14)19-15-7-5-4-6-13(15)8-10-18(19)21-17/h4*4-12H,1-3H3. The molecule has 12 aromatic carbocycles. The fourth-order valence-electron chi connectivity index (χ4n) is 12.4. The fraction of sp³-hybridized carbons (Fsp3) is 0.200. The molecular formula is C80H72S4. The highest BCUT2D eigenvalue weighted by molar-refractivity contribution is 7.27. The molecule has 0 aliphatic carbocycles. The number of rotatable bonds is 0. The molecule has 0 amide bonds. The molecule has 0 nitrogen and oxygen atoms in total. The molecule has 0 bridgehead atoms. The molecule has 0 atom stereocenters. The van der Waals surface area contributed by atoms with Gasteiger partial charge in [-0.25, -0.2) is 0 Å². The summed E-state index contributed by atoms with van der Waals surface area (Å²) in [5, 5.41) is 22.1. The molecule has 4 heterocycles. The van der Waals surface area contributed by atoms with Gasteiger partial charge in [-0.05, 0) is 136 Å². The van der Waals surface area contributed by atoms with E-state index in [2.05, 4.69) is 301 Å². The summed E-state index contributed by atoms with van der Waals surface area (Å²) in [7, 11) is 0. The number of thiophene rings is 4. The van der Waals surface area contributed by atoms with Crippen LogP contribution >= 0.6 is 45.3 Å². The first-order valence-corrected chi connectivity index (χ1v) is 32.8. The van der Waals surface area contributed by atoms with Crippen molar-refractivity contribution < 1.29 is 0 Å². The van der Waals surface area contributed by atoms with E-state index in [0.29, 0.717) is 0 Å². The molecule has 0 saturated heterocycles. The molecule has 0 aliphatic rings. The van der Waals surface area contributed by atoms with Crippen molar-refractivity contribution in [3.63, 3.8) is 0 Å². The van der Waals surface area contributed by atoms with Gasteiger partial charge in [0.15, 0.2) is 0 Å². The molecule has 0 spiro atoms. The van der Waals surface area contributed by atoms with E-state index in [9.17, 15) is 0 Å². The summed E-state index contributed by atoms with van der Waals surface area (Å²) < 4.78 is 11.2. The van der Waals surface area contributed by atoms with Crippen molar-refractivity contribution in [2.24, 2.45) is 0 Å². The molecular weight excluding hydrogens is 1090 g/mol. The normalized spacial score (nSPS) is 12.5. The van der Waals surface area contributed by atoms with Crippen molar-refractivity contribution in [3.05, 3.63) is 241 Å². The van der Waals surface area contributed by atoms with Crippen molar-refractivity contribution in [3.8, 4) is 0 Å². The van der Waals surface area contributed by atoms with E-state index < -0.39 is 0 Å². The highest BCUT2D eigenvalue weighted by Gasteiger charge is 2.23. The molecule has 416 valence electrons. The Morgan fingerprint density at radius 3 is 1.11 bits per heavy atom. The quantitative estimate of drug-likeness (QED) is 0.142. The molecule has 84 heavy (non-hydrogen) atoms. The van der Waals surface area contributed by atoms with E-state index in [0.717, 1.165) is 0 Å². The molecule has 4 heteroatoms. The Bertz CT molecular complexity index is 5120. The minimum atomic E-state index is 0.157. The van der Waals surface area contributed by atoms with E-state index in [1.807, 2.05) is 45.3 Å². The first kappa shape index (κ1) is 55.7. The Labute approximate surface area is 510 Å². The Kier molecular flexibility index (Phi) is 14.1. The van der Waals surface area contributed by atoms with Crippen LogP contribution in [0.2, 0.25) is 0 Å². The second-order valence-corrected chi connectivity index (χ2v) is 31.1. The Morgan fingerprint density at radius 1 is 0.214 bits per heavy atom. The van der Waals surface area contributed by atoms with Gasteiger partial charge >= 0.3 is 0 Å². The molecule has 16 rings (SSSR count). The number of fused-ring (bicyclic) bond motifs is 20. The summed E-state index contributed by atoms with van der Waals surface area (Å²) in [5.41, 5.74) is 6.43. The minimum absolute atomic E-state index is 0.157. The van der Waals surface area contributed by atoms with Gasteiger partial charge in [0.05, 0.1) is 0 Å². The van der Waals surface area contributed by atoms with Crippen LogP contribution in [0.15, 0.2) is 218 Å². The summed E-state index contributed by atoms with van der Waals surface area (Å²) in [6.07, 6.45) is 0. The molecule has 0 fully saturated rings. The fourth-order valence-corrected chi connectivity index (χ4v) is 17.3. The van der Waals surface area contributed by atoms with Gasteiger partial charge in [-0.15, -0.1) is 45.3 Å². The molecule has 0 aliphatic heterocycles. The number of hydrogen-bond donors (Lipinski definition) is 0. The second-order valence-electron chi connectivity index (χ2n) is 26.8. The van der Waals surface area contributed by atoms with Crippen LogP contribution in [0.5, 0.6) is 0 Å². The molecule has 0 radical (unpaired) electrons. The predicted molar refractivity (Wildman–Crippen MR) is 382 cm³/mol. The van der Waals surface area contributed by atoms with E-state index in [1.54, 1.807) is 0 Å². The van der Waals surface area contributed by atoms with Crippen LogP contribution in [0.4, 0.5) is 0 Å². The minimum Gasteiger partial charge on any atom is -0.135 e. The SMILES string of the molecule is CC(C)(C)c1ccc2c(c1)sc1ccc3ccccc3c12.CC(C)(C)c1ccc2sc3ccc4ccccc4c3c2c1.CC(C)(C)c1cccc2c1sc1ccc3ccccc3c12.CC(C)(C)c1cccc2sc3ccc4ccccc4c3c12. The smallest absolute Gasteiger partial charge is 0.0392 e. The van der Waals surface area contributed by atoms with Crippen LogP contribution in [0.25, 0.3) is 124 Å². The van der Waals surface area contributed by atoms with Gasteiger partial charge in [-0.1, -0.05) is 253 Å². The summed E-state index contributed by atoms with van der Waals surface area (Å²) >= 11 is 7.64. The molecule has 0 unspecified atom stereocenters. The van der Waals surface area contributed by atoms with Crippen LogP contribution in [-0.4, -0.2) is 0 Å². The van der Waals surface area contributed by atoms with Crippen molar-refractivity contribution in [2.45, 2.75) is 105 Å². The molecule has 0 N–H and O–H groups in total. The van der Waals surface area contributed by atoms with Crippen LogP contribution in [0.1, 0.15) is 105 Å². The Balaban J connectivity index is 0.000000104. The summed E-state index contributed by atoms with van der Waals surface area (Å²) in [4.78, 5) is 0. The Morgan fingerprint density at radius 2 is 0.583 bits per heavy atom. The van der Waals surface area contributed by atoms with Crippen molar-refractivity contribution >= 4 is 169 Å². The van der Waals surface area contributed by atoms with Crippen molar-refractivity contribution in [2.75, 3.05) is 0 Å². The Hall–Kier alpha value is -7.44. The van der Waals surface area contributed by atoms with Crippen molar-refractivity contribution in [1.82, 2.24) is 0 Å². The lowest BCUT2D eigenvalue weighted by Crippen LogP contribution is -2.11. The van der Waals surface area contributed by atoms with E-state index in [1.165, 1.54) is 146 Å². The monoisotopic (exact) mass is 1160 g/mol. The summed E-state index contributed by atoms with van der Waals surface area (Å²) in [6, 6.07) is 80.2. The van der Waals surface area contributed by atoms with Gasteiger partial charge in [0.25, 0.3) is 0 Å². The average Bonchev–Trinajstić information content (AvgIpc) is 1.93. The third-order valence-corrected chi connectivity index (χ3v) is 21.4. The lowest BCUT2D eigenvalue weighted by Gasteiger charge is -2.20. The average molecular weight is 1160 g/mol. The number of hydrogen-bond acceptors (Lipinski definition) is 4.